The van der Waals surface area contributed by atoms with E-state index in [9.17, 15) is 9.59 Å². The summed E-state index contributed by atoms with van der Waals surface area (Å²) < 4.78 is 1.56. The van der Waals surface area contributed by atoms with Gasteiger partial charge in [0.2, 0.25) is 5.91 Å². The van der Waals surface area contributed by atoms with Gasteiger partial charge in [-0.05, 0) is 18.2 Å². The first-order valence-electron chi connectivity index (χ1n) is 6.36. The van der Waals surface area contributed by atoms with Gasteiger partial charge in [0.1, 0.15) is 5.71 Å². The molecule has 106 valence electrons. The Hall–Kier alpha value is -3.03. The SMILES string of the molecule is O=C1CCC(C(=O)Nc2cccnc2-n2cccn2)=NN1. The van der Waals surface area contributed by atoms with Crippen molar-refractivity contribution in [3.63, 3.8) is 0 Å². The van der Waals surface area contributed by atoms with Gasteiger partial charge in [0, 0.05) is 31.4 Å². The molecule has 0 saturated carbocycles. The zero-order valence-electron chi connectivity index (χ0n) is 11.0. The number of nitrogens with one attached hydrogen (secondary N) is 2. The molecule has 0 aromatic carbocycles. The summed E-state index contributed by atoms with van der Waals surface area (Å²) in [4.78, 5) is 27.4. The molecule has 2 N–H and O–H groups in total. The Morgan fingerprint density at radius 2 is 2.19 bits per heavy atom. The van der Waals surface area contributed by atoms with Crippen LogP contribution in [0.2, 0.25) is 0 Å². The quantitative estimate of drug-likeness (QED) is 0.855. The largest absolute Gasteiger partial charge is 0.318 e. The number of rotatable bonds is 3. The first-order chi connectivity index (χ1) is 10.2. The number of pyridine rings is 1. The van der Waals surface area contributed by atoms with E-state index in [2.05, 4.69) is 25.9 Å². The Morgan fingerprint density at radius 3 is 2.90 bits per heavy atom. The second-order valence-electron chi connectivity index (χ2n) is 4.37. The third kappa shape index (κ3) is 2.78. The third-order valence-corrected chi connectivity index (χ3v) is 2.92. The number of hydrogen-bond donors (Lipinski definition) is 2. The van der Waals surface area contributed by atoms with E-state index in [0.717, 1.165) is 0 Å². The van der Waals surface area contributed by atoms with E-state index in [1.807, 2.05) is 0 Å². The van der Waals surface area contributed by atoms with Gasteiger partial charge >= 0.3 is 0 Å². The molecule has 3 heterocycles. The van der Waals surface area contributed by atoms with E-state index >= 15 is 0 Å². The molecule has 2 amide bonds. The van der Waals surface area contributed by atoms with Crippen molar-refractivity contribution >= 4 is 23.2 Å². The van der Waals surface area contributed by atoms with Crippen molar-refractivity contribution in [3.8, 4) is 5.82 Å². The van der Waals surface area contributed by atoms with Gasteiger partial charge < -0.3 is 5.32 Å². The lowest BCUT2D eigenvalue weighted by Gasteiger charge is -2.13. The molecule has 0 fully saturated rings. The number of amides is 2. The smallest absolute Gasteiger partial charge is 0.271 e. The van der Waals surface area contributed by atoms with Crippen molar-refractivity contribution in [3.05, 3.63) is 36.8 Å². The maximum atomic E-state index is 12.1. The van der Waals surface area contributed by atoms with Crippen LogP contribution in [0.4, 0.5) is 5.69 Å². The second-order valence-corrected chi connectivity index (χ2v) is 4.37. The van der Waals surface area contributed by atoms with Crippen LogP contribution < -0.4 is 10.7 Å². The van der Waals surface area contributed by atoms with Gasteiger partial charge in [0.05, 0.1) is 5.69 Å². The van der Waals surface area contributed by atoms with Crippen LogP contribution in [0.1, 0.15) is 12.8 Å². The van der Waals surface area contributed by atoms with Crippen LogP contribution in [0.5, 0.6) is 0 Å². The van der Waals surface area contributed by atoms with Gasteiger partial charge in [-0.1, -0.05) is 0 Å². The van der Waals surface area contributed by atoms with Gasteiger partial charge in [0.25, 0.3) is 5.91 Å². The van der Waals surface area contributed by atoms with Gasteiger partial charge in [-0.25, -0.2) is 15.1 Å². The Balaban J connectivity index is 1.82. The zero-order chi connectivity index (χ0) is 14.7. The fraction of sp³-hybridized carbons (Fsp3) is 0.154. The Morgan fingerprint density at radius 1 is 1.29 bits per heavy atom. The van der Waals surface area contributed by atoms with Crippen molar-refractivity contribution in [2.75, 3.05) is 5.32 Å². The fourth-order valence-electron chi connectivity index (χ4n) is 1.90. The van der Waals surface area contributed by atoms with Gasteiger partial charge in [-0.15, -0.1) is 0 Å². The summed E-state index contributed by atoms with van der Waals surface area (Å²) in [5, 5.41) is 10.6. The average molecular weight is 284 g/mol. The predicted molar refractivity (Wildman–Crippen MR) is 74.8 cm³/mol. The van der Waals surface area contributed by atoms with E-state index in [0.29, 0.717) is 17.9 Å². The van der Waals surface area contributed by atoms with Crippen LogP contribution in [-0.4, -0.2) is 32.3 Å². The van der Waals surface area contributed by atoms with E-state index in [-0.39, 0.29) is 23.9 Å². The normalized spacial score (nSPS) is 14.3. The van der Waals surface area contributed by atoms with Crippen LogP contribution >= 0.6 is 0 Å². The monoisotopic (exact) mass is 284 g/mol. The summed E-state index contributed by atoms with van der Waals surface area (Å²) in [5.41, 5.74) is 3.10. The number of hydrogen-bond acceptors (Lipinski definition) is 5. The highest BCUT2D eigenvalue weighted by atomic mass is 16.2. The van der Waals surface area contributed by atoms with Gasteiger partial charge in [-0.2, -0.15) is 10.2 Å². The average Bonchev–Trinajstić information content (AvgIpc) is 3.02. The molecule has 0 radical (unpaired) electrons. The standard InChI is InChI=1S/C13H12N6O2/c20-11-5-4-10(17-18-11)13(21)16-9-3-1-6-14-12(9)19-8-2-7-15-19/h1-3,6-8H,4-5H2,(H,16,21)(H,18,20). The molecule has 2 aromatic heterocycles. The molecule has 21 heavy (non-hydrogen) atoms. The van der Waals surface area contributed by atoms with Crippen molar-refractivity contribution in [2.45, 2.75) is 12.8 Å². The summed E-state index contributed by atoms with van der Waals surface area (Å²) >= 11 is 0. The van der Waals surface area contributed by atoms with Crippen LogP contribution in [0.3, 0.4) is 0 Å². The minimum Gasteiger partial charge on any atom is -0.318 e. The molecule has 0 saturated heterocycles. The lowest BCUT2D eigenvalue weighted by atomic mass is 10.1. The summed E-state index contributed by atoms with van der Waals surface area (Å²) in [7, 11) is 0. The lowest BCUT2D eigenvalue weighted by molar-refractivity contribution is -0.121. The molecular formula is C13H12N6O2. The lowest BCUT2D eigenvalue weighted by Crippen LogP contribution is -2.33. The molecule has 0 atom stereocenters. The van der Waals surface area contributed by atoms with E-state index in [1.165, 1.54) is 0 Å². The van der Waals surface area contributed by atoms with Crippen molar-refractivity contribution < 1.29 is 9.59 Å². The molecule has 0 unspecified atom stereocenters. The first-order valence-corrected chi connectivity index (χ1v) is 6.36. The molecule has 0 bridgehead atoms. The second kappa shape index (κ2) is 5.53. The number of anilines is 1. The molecule has 3 rings (SSSR count). The minimum absolute atomic E-state index is 0.190. The highest BCUT2D eigenvalue weighted by molar-refractivity contribution is 6.43. The van der Waals surface area contributed by atoms with Crippen LogP contribution in [0.25, 0.3) is 5.82 Å². The fourth-order valence-corrected chi connectivity index (χ4v) is 1.90. The maximum absolute atomic E-state index is 12.1. The summed E-state index contributed by atoms with van der Waals surface area (Å²) in [5.74, 6) is -0.0436. The zero-order valence-corrected chi connectivity index (χ0v) is 11.0. The van der Waals surface area contributed by atoms with Crippen molar-refractivity contribution in [2.24, 2.45) is 5.10 Å². The molecule has 0 spiro atoms. The first kappa shape index (κ1) is 13.0. The van der Waals surface area contributed by atoms with Crippen molar-refractivity contribution in [1.82, 2.24) is 20.2 Å². The molecule has 8 heteroatoms. The topological polar surface area (TPSA) is 101 Å². The molecule has 8 nitrogen and oxygen atoms in total. The van der Waals surface area contributed by atoms with Crippen LogP contribution in [0.15, 0.2) is 41.9 Å². The molecule has 1 aliphatic heterocycles. The predicted octanol–water partition coefficient (Wildman–Crippen LogP) is 0.472. The maximum Gasteiger partial charge on any atom is 0.271 e. The van der Waals surface area contributed by atoms with E-state index in [1.54, 1.807) is 41.5 Å². The highest BCUT2D eigenvalue weighted by Gasteiger charge is 2.19. The Kier molecular flexibility index (Phi) is 3.42. The van der Waals surface area contributed by atoms with Crippen molar-refractivity contribution in [1.29, 1.82) is 0 Å². The number of nitrogens with zero attached hydrogens (tertiary/aromatic N) is 4. The van der Waals surface area contributed by atoms with Crippen LogP contribution in [-0.2, 0) is 9.59 Å². The Bertz CT molecular complexity index is 707. The summed E-state index contributed by atoms with van der Waals surface area (Å²) in [6.45, 7) is 0. The molecule has 0 aliphatic carbocycles. The summed E-state index contributed by atoms with van der Waals surface area (Å²) in [6, 6.07) is 5.21. The van der Waals surface area contributed by atoms with E-state index in [4.69, 9.17) is 0 Å². The number of carbonyl (C=O) groups is 2. The molecular weight excluding hydrogens is 272 g/mol. The van der Waals surface area contributed by atoms with Gasteiger partial charge in [0.15, 0.2) is 5.82 Å². The van der Waals surface area contributed by atoms with E-state index < -0.39 is 0 Å². The Labute approximate surface area is 119 Å². The summed E-state index contributed by atoms with van der Waals surface area (Å²) in [6.07, 6.45) is 5.54. The molecule has 1 aliphatic rings. The number of aromatic nitrogens is 3. The van der Waals surface area contributed by atoms with Crippen LogP contribution in [0, 0.1) is 0 Å². The minimum atomic E-state index is -0.364. The number of carbonyl (C=O) groups excluding carboxylic acids is 2. The highest BCUT2D eigenvalue weighted by Crippen LogP contribution is 2.16. The molecule has 2 aromatic rings. The number of hydrazone groups is 1. The van der Waals surface area contributed by atoms with Gasteiger partial charge in [-0.3, -0.25) is 9.59 Å². The third-order valence-electron chi connectivity index (χ3n) is 2.92.